The van der Waals surface area contributed by atoms with Gasteiger partial charge in [-0.2, -0.15) is 0 Å². The summed E-state index contributed by atoms with van der Waals surface area (Å²) >= 11 is 0. The van der Waals surface area contributed by atoms with Crippen LogP contribution in [0, 0.1) is 5.82 Å². The van der Waals surface area contributed by atoms with E-state index in [0.29, 0.717) is 18.6 Å². The molecule has 0 spiro atoms. The average molecular weight is 281 g/mol. The predicted molar refractivity (Wildman–Crippen MR) is 80.1 cm³/mol. The zero-order valence-corrected chi connectivity index (χ0v) is 12.6. The van der Waals surface area contributed by atoms with Gasteiger partial charge in [-0.25, -0.2) is 4.39 Å². The van der Waals surface area contributed by atoms with Gasteiger partial charge < -0.3 is 11.1 Å². The van der Waals surface area contributed by atoms with E-state index in [1.807, 2.05) is 0 Å². The molecule has 0 saturated carbocycles. The Morgan fingerprint density at radius 1 is 1.30 bits per heavy atom. The molecule has 0 fully saturated rings. The molecule has 5 heteroatoms. The van der Waals surface area contributed by atoms with Gasteiger partial charge in [-0.1, -0.05) is 0 Å². The molecule has 0 aliphatic carbocycles. The Balaban J connectivity index is 2.53. The van der Waals surface area contributed by atoms with Crippen molar-refractivity contribution in [2.45, 2.75) is 39.8 Å². The van der Waals surface area contributed by atoms with Gasteiger partial charge in [-0.05, 0) is 45.9 Å². The van der Waals surface area contributed by atoms with Crippen molar-refractivity contribution >= 4 is 11.6 Å². The quantitative estimate of drug-likeness (QED) is 0.786. The molecule has 1 rings (SSSR count). The Kier molecular flexibility index (Phi) is 5.95. The highest BCUT2D eigenvalue weighted by molar-refractivity contribution is 5.94. The number of anilines is 1. The smallest absolute Gasteiger partial charge is 0.251 e. The lowest BCUT2D eigenvalue weighted by Crippen LogP contribution is -2.42. The van der Waals surface area contributed by atoms with Gasteiger partial charge in [0.25, 0.3) is 5.91 Å². The van der Waals surface area contributed by atoms with E-state index in [4.69, 9.17) is 5.73 Å². The van der Waals surface area contributed by atoms with Gasteiger partial charge in [0.2, 0.25) is 0 Å². The number of rotatable bonds is 6. The topological polar surface area (TPSA) is 58.4 Å². The first kappa shape index (κ1) is 16.4. The minimum Gasteiger partial charge on any atom is -0.396 e. The summed E-state index contributed by atoms with van der Waals surface area (Å²) in [4.78, 5) is 14.2. The molecule has 0 saturated heterocycles. The fraction of sp³-hybridized carbons (Fsp3) is 0.533. The number of hydrogen-bond acceptors (Lipinski definition) is 3. The van der Waals surface area contributed by atoms with E-state index in [-0.39, 0.29) is 17.2 Å². The first-order valence-corrected chi connectivity index (χ1v) is 6.92. The highest BCUT2D eigenvalue weighted by atomic mass is 19.1. The van der Waals surface area contributed by atoms with E-state index < -0.39 is 5.82 Å². The third-order valence-electron chi connectivity index (χ3n) is 3.24. The molecule has 20 heavy (non-hydrogen) atoms. The molecule has 112 valence electrons. The van der Waals surface area contributed by atoms with Crippen LogP contribution in [-0.2, 0) is 0 Å². The standard InChI is InChI=1S/C15H24FN3O/c1-10(2)19(11(3)4)8-7-18-15(20)12-5-6-14(17)13(16)9-12/h5-6,9-11H,7-8,17H2,1-4H3,(H,18,20). The summed E-state index contributed by atoms with van der Waals surface area (Å²) < 4.78 is 13.3. The van der Waals surface area contributed by atoms with E-state index in [1.54, 1.807) is 0 Å². The Hall–Kier alpha value is -1.62. The number of amides is 1. The molecule has 0 aliphatic heterocycles. The van der Waals surface area contributed by atoms with Gasteiger partial charge >= 0.3 is 0 Å². The van der Waals surface area contributed by atoms with Crippen LogP contribution in [-0.4, -0.2) is 36.0 Å². The maximum atomic E-state index is 13.3. The molecule has 1 aromatic rings. The van der Waals surface area contributed by atoms with Crippen molar-refractivity contribution in [2.75, 3.05) is 18.8 Å². The third-order valence-corrected chi connectivity index (χ3v) is 3.24. The Labute approximate surface area is 120 Å². The maximum absolute atomic E-state index is 13.3. The second-order valence-corrected chi connectivity index (χ2v) is 5.42. The van der Waals surface area contributed by atoms with Crippen molar-refractivity contribution in [2.24, 2.45) is 0 Å². The molecule has 0 radical (unpaired) electrons. The first-order valence-electron chi connectivity index (χ1n) is 6.92. The van der Waals surface area contributed by atoms with Gasteiger partial charge in [-0.3, -0.25) is 9.69 Å². The Morgan fingerprint density at radius 2 is 1.90 bits per heavy atom. The van der Waals surface area contributed by atoms with Gasteiger partial charge in [-0.15, -0.1) is 0 Å². The lowest BCUT2D eigenvalue weighted by atomic mass is 10.2. The maximum Gasteiger partial charge on any atom is 0.251 e. The molecular formula is C15H24FN3O. The molecule has 0 bridgehead atoms. The van der Waals surface area contributed by atoms with Crippen LogP contribution in [0.4, 0.5) is 10.1 Å². The molecule has 1 amide bonds. The number of hydrogen-bond donors (Lipinski definition) is 2. The van der Waals surface area contributed by atoms with Crippen molar-refractivity contribution in [3.8, 4) is 0 Å². The summed E-state index contributed by atoms with van der Waals surface area (Å²) in [6, 6.07) is 4.92. The zero-order valence-electron chi connectivity index (χ0n) is 12.6. The van der Waals surface area contributed by atoms with Gasteiger partial charge in [0.1, 0.15) is 5.82 Å². The summed E-state index contributed by atoms with van der Waals surface area (Å²) in [6.07, 6.45) is 0. The lowest BCUT2D eigenvalue weighted by molar-refractivity contribution is 0.0939. The number of nitrogen functional groups attached to an aromatic ring is 1. The number of carbonyl (C=O) groups excluding carboxylic acids is 1. The van der Waals surface area contributed by atoms with Crippen LogP contribution >= 0.6 is 0 Å². The first-order chi connectivity index (χ1) is 9.32. The van der Waals surface area contributed by atoms with Crippen molar-refractivity contribution in [3.63, 3.8) is 0 Å². The number of halogens is 1. The molecule has 1 aromatic carbocycles. The van der Waals surface area contributed by atoms with E-state index >= 15 is 0 Å². The molecule has 0 aliphatic rings. The summed E-state index contributed by atoms with van der Waals surface area (Å²) in [5.74, 6) is -0.847. The number of carbonyl (C=O) groups is 1. The van der Waals surface area contributed by atoms with Crippen LogP contribution in [0.15, 0.2) is 18.2 Å². The van der Waals surface area contributed by atoms with Gasteiger partial charge in [0, 0.05) is 30.7 Å². The largest absolute Gasteiger partial charge is 0.396 e. The second kappa shape index (κ2) is 7.24. The van der Waals surface area contributed by atoms with Crippen LogP contribution in [0.2, 0.25) is 0 Å². The molecule has 3 N–H and O–H groups in total. The second-order valence-electron chi connectivity index (χ2n) is 5.42. The molecule has 0 atom stereocenters. The Bertz CT molecular complexity index is 452. The van der Waals surface area contributed by atoms with Crippen LogP contribution in [0.3, 0.4) is 0 Å². The normalized spacial score (nSPS) is 11.4. The van der Waals surface area contributed by atoms with Crippen molar-refractivity contribution < 1.29 is 9.18 Å². The third kappa shape index (κ3) is 4.49. The molecular weight excluding hydrogens is 257 g/mol. The number of benzene rings is 1. The molecule has 0 heterocycles. The number of nitrogens with zero attached hydrogens (tertiary/aromatic N) is 1. The zero-order chi connectivity index (χ0) is 15.3. The minimum atomic E-state index is -0.566. The summed E-state index contributed by atoms with van der Waals surface area (Å²) in [5.41, 5.74) is 5.72. The van der Waals surface area contributed by atoms with Crippen LogP contribution in [0.5, 0.6) is 0 Å². The Morgan fingerprint density at radius 3 is 2.40 bits per heavy atom. The van der Waals surface area contributed by atoms with E-state index in [9.17, 15) is 9.18 Å². The van der Waals surface area contributed by atoms with Crippen LogP contribution in [0.1, 0.15) is 38.1 Å². The molecule has 0 aromatic heterocycles. The number of nitrogens with two attached hydrogens (primary N) is 1. The van der Waals surface area contributed by atoms with Gasteiger partial charge in [0.05, 0.1) is 5.69 Å². The average Bonchev–Trinajstić information content (AvgIpc) is 2.36. The van der Waals surface area contributed by atoms with E-state index in [0.717, 1.165) is 12.6 Å². The highest BCUT2D eigenvalue weighted by Gasteiger charge is 2.14. The highest BCUT2D eigenvalue weighted by Crippen LogP contribution is 2.11. The van der Waals surface area contributed by atoms with Crippen molar-refractivity contribution in [3.05, 3.63) is 29.6 Å². The molecule has 4 nitrogen and oxygen atoms in total. The lowest BCUT2D eigenvalue weighted by Gasteiger charge is -2.30. The van der Waals surface area contributed by atoms with Crippen molar-refractivity contribution in [1.82, 2.24) is 10.2 Å². The number of nitrogens with one attached hydrogen (secondary N) is 1. The van der Waals surface area contributed by atoms with Crippen LogP contribution in [0.25, 0.3) is 0 Å². The predicted octanol–water partition coefficient (Wildman–Crippen LogP) is 2.26. The fourth-order valence-corrected chi connectivity index (χ4v) is 2.18. The van der Waals surface area contributed by atoms with Gasteiger partial charge in [0.15, 0.2) is 0 Å². The SMILES string of the molecule is CC(C)N(CCNC(=O)c1ccc(N)c(F)c1)C(C)C. The van der Waals surface area contributed by atoms with Crippen LogP contribution < -0.4 is 11.1 Å². The fourth-order valence-electron chi connectivity index (χ4n) is 2.18. The summed E-state index contributed by atoms with van der Waals surface area (Å²) in [7, 11) is 0. The summed E-state index contributed by atoms with van der Waals surface area (Å²) in [6.45, 7) is 9.78. The molecule has 0 unspecified atom stereocenters. The monoisotopic (exact) mass is 281 g/mol. The van der Waals surface area contributed by atoms with Crippen molar-refractivity contribution in [1.29, 1.82) is 0 Å². The van der Waals surface area contributed by atoms with E-state index in [1.165, 1.54) is 12.1 Å². The summed E-state index contributed by atoms with van der Waals surface area (Å²) in [5, 5.41) is 2.80. The minimum absolute atomic E-state index is 0.0485. The van der Waals surface area contributed by atoms with E-state index in [2.05, 4.69) is 37.9 Å².